The van der Waals surface area contributed by atoms with Crippen LogP contribution >= 0.6 is 0 Å². The number of anilines is 1. The second-order valence-electron chi connectivity index (χ2n) is 8.07. The van der Waals surface area contributed by atoms with E-state index in [0.717, 1.165) is 6.42 Å². The van der Waals surface area contributed by atoms with E-state index in [1.807, 2.05) is 4.90 Å². The van der Waals surface area contributed by atoms with Crippen LogP contribution in [-0.2, 0) is 4.79 Å². The zero-order valence-corrected chi connectivity index (χ0v) is 16.8. The second-order valence-corrected chi connectivity index (χ2v) is 8.07. The molecule has 8 nitrogen and oxygen atoms in total. The van der Waals surface area contributed by atoms with Gasteiger partial charge in [-0.15, -0.1) is 5.10 Å². The number of carbonyl (C=O) groups excluding carboxylic acids is 2. The molecule has 1 atom stereocenters. The van der Waals surface area contributed by atoms with Crippen molar-refractivity contribution in [2.45, 2.75) is 44.4 Å². The summed E-state index contributed by atoms with van der Waals surface area (Å²) in [6, 6.07) is 1.66. The number of nitrogens with one attached hydrogen (secondary N) is 1. The highest BCUT2D eigenvalue weighted by atomic mass is 19.4. The number of hydrogen-bond acceptors (Lipinski definition) is 6. The molecule has 2 fully saturated rings. The van der Waals surface area contributed by atoms with Crippen molar-refractivity contribution in [3.05, 3.63) is 18.0 Å². The molecule has 1 aromatic rings. The number of halogens is 3. The van der Waals surface area contributed by atoms with Gasteiger partial charge in [0.1, 0.15) is 0 Å². The third-order valence-corrected chi connectivity index (χ3v) is 5.53. The van der Waals surface area contributed by atoms with E-state index in [0.29, 0.717) is 38.2 Å². The van der Waals surface area contributed by atoms with Gasteiger partial charge in [-0.05, 0) is 25.3 Å². The highest BCUT2D eigenvalue weighted by Gasteiger charge is 2.51. The lowest BCUT2D eigenvalue weighted by Crippen LogP contribution is -2.52. The van der Waals surface area contributed by atoms with E-state index in [9.17, 15) is 27.9 Å². The zero-order valence-electron chi connectivity index (χ0n) is 16.8. The molecule has 1 saturated carbocycles. The Bertz CT molecular complexity index is 775. The van der Waals surface area contributed by atoms with Crippen LogP contribution in [0.3, 0.4) is 0 Å². The summed E-state index contributed by atoms with van der Waals surface area (Å²) in [5.74, 6) is -0.392. The first kappa shape index (κ1) is 22.3. The SMILES string of the molecule is CC(O)(CC(=O)N1CCN(c2ccnnc2C(=O)NCCC2CC2)CC1)C(F)(F)F. The fraction of sp³-hybridized carbons (Fsp3) is 0.684. The minimum absolute atomic E-state index is 0.178. The minimum atomic E-state index is -4.88. The summed E-state index contributed by atoms with van der Waals surface area (Å²) < 4.78 is 38.5. The highest BCUT2D eigenvalue weighted by Crippen LogP contribution is 2.33. The van der Waals surface area contributed by atoms with Gasteiger partial charge < -0.3 is 20.2 Å². The van der Waals surface area contributed by atoms with Crippen LogP contribution in [0.2, 0.25) is 0 Å². The van der Waals surface area contributed by atoms with Gasteiger partial charge >= 0.3 is 6.18 Å². The monoisotopic (exact) mass is 429 g/mol. The van der Waals surface area contributed by atoms with Crippen molar-refractivity contribution < 1.29 is 27.9 Å². The molecule has 0 radical (unpaired) electrons. The summed E-state index contributed by atoms with van der Waals surface area (Å²) in [4.78, 5) is 27.9. The van der Waals surface area contributed by atoms with Crippen LogP contribution < -0.4 is 10.2 Å². The lowest BCUT2D eigenvalue weighted by molar-refractivity contribution is -0.254. The van der Waals surface area contributed by atoms with Crippen molar-refractivity contribution in [1.29, 1.82) is 0 Å². The Balaban J connectivity index is 1.57. The van der Waals surface area contributed by atoms with Gasteiger partial charge in [0.05, 0.1) is 18.3 Å². The molecule has 0 bridgehead atoms. The molecule has 11 heteroatoms. The van der Waals surface area contributed by atoms with Crippen LogP contribution in [0.4, 0.5) is 18.9 Å². The first-order valence-electron chi connectivity index (χ1n) is 10.0. The molecule has 0 aromatic carbocycles. The van der Waals surface area contributed by atoms with E-state index in [-0.39, 0.29) is 24.7 Å². The standard InChI is InChI=1S/C19H26F3N5O3/c1-18(30,19(20,21)22)12-15(28)27-10-8-26(9-11-27)14-5-7-24-25-16(14)17(29)23-6-4-13-2-3-13/h5,7,13,30H,2-4,6,8-12H2,1H3,(H,23,29). The van der Waals surface area contributed by atoms with Crippen LogP contribution in [0.15, 0.2) is 12.3 Å². The van der Waals surface area contributed by atoms with E-state index in [1.54, 1.807) is 6.07 Å². The average molecular weight is 429 g/mol. The molecule has 1 aliphatic carbocycles. The number of amides is 2. The van der Waals surface area contributed by atoms with Crippen molar-refractivity contribution in [1.82, 2.24) is 20.4 Å². The number of rotatable bonds is 7. The predicted molar refractivity (Wildman–Crippen MR) is 102 cm³/mol. The van der Waals surface area contributed by atoms with E-state index in [1.165, 1.54) is 23.9 Å². The molecule has 1 aromatic heterocycles. The lowest BCUT2D eigenvalue weighted by atomic mass is 10.0. The van der Waals surface area contributed by atoms with Gasteiger partial charge in [-0.2, -0.15) is 18.3 Å². The molecule has 2 aliphatic rings. The number of alkyl halides is 3. The van der Waals surface area contributed by atoms with Crippen LogP contribution in [0.1, 0.15) is 43.1 Å². The van der Waals surface area contributed by atoms with E-state index in [2.05, 4.69) is 15.5 Å². The number of piperazine rings is 1. The van der Waals surface area contributed by atoms with Gasteiger partial charge in [-0.1, -0.05) is 12.8 Å². The third-order valence-electron chi connectivity index (χ3n) is 5.53. The smallest absolute Gasteiger partial charge is 0.380 e. The predicted octanol–water partition coefficient (Wildman–Crippen LogP) is 1.36. The van der Waals surface area contributed by atoms with Crippen molar-refractivity contribution in [2.75, 3.05) is 37.6 Å². The molecular weight excluding hydrogens is 403 g/mol. The summed E-state index contributed by atoms with van der Waals surface area (Å²) in [7, 11) is 0. The number of aliphatic hydroxyl groups is 1. The van der Waals surface area contributed by atoms with Gasteiger partial charge in [-0.25, -0.2) is 0 Å². The van der Waals surface area contributed by atoms with E-state index < -0.39 is 24.1 Å². The van der Waals surface area contributed by atoms with Gasteiger partial charge in [0.2, 0.25) is 5.91 Å². The largest absolute Gasteiger partial charge is 0.417 e. The molecule has 1 aliphatic heterocycles. The molecule has 30 heavy (non-hydrogen) atoms. The van der Waals surface area contributed by atoms with E-state index in [4.69, 9.17) is 0 Å². The number of nitrogens with zero attached hydrogens (tertiary/aromatic N) is 4. The third kappa shape index (κ3) is 5.38. The number of carbonyl (C=O) groups is 2. The van der Waals surface area contributed by atoms with E-state index >= 15 is 0 Å². The van der Waals surface area contributed by atoms with Crippen molar-refractivity contribution in [2.24, 2.45) is 5.92 Å². The Labute approximate surface area is 172 Å². The van der Waals surface area contributed by atoms with Gasteiger partial charge in [0.15, 0.2) is 11.3 Å². The maximum atomic E-state index is 12.8. The molecule has 3 rings (SSSR count). The fourth-order valence-electron chi connectivity index (χ4n) is 3.33. The topological polar surface area (TPSA) is 98.7 Å². The Kier molecular flexibility index (Phi) is 6.49. The normalized spacial score (nSPS) is 19.4. The molecule has 0 spiro atoms. The summed E-state index contributed by atoms with van der Waals surface area (Å²) in [5, 5.41) is 20.1. The summed E-state index contributed by atoms with van der Waals surface area (Å²) >= 11 is 0. The molecule has 2 heterocycles. The summed E-state index contributed by atoms with van der Waals surface area (Å²) in [6.45, 7) is 2.18. The lowest BCUT2D eigenvalue weighted by Gasteiger charge is -2.37. The summed E-state index contributed by atoms with van der Waals surface area (Å²) in [5.41, 5.74) is -2.31. The number of hydrogen-bond donors (Lipinski definition) is 2. The summed E-state index contributed by atoms with van der Waals surface area (Å²) in [6.07, 6.45) is -1.10. The average Bonchev–Trinajstić information content (AvgIpc) is 3.51. The highest BCUT2D eigenvalue weighted by molar-refractivity contribution is 5.97. The molecule has 2 N–H and O–H groups in total. The minimum Gasteiger partial charge on any atom is -0.380 e. The van der Waals surface area contributed by atoms with Crippen molar-refractivity contribution >= 4 is 17.5 Å². The van der Waals surface area contributed by atoms with Crippen LogP contribution in [0, 0.1) is 5.92 Å². The number of aromatic nitrogens is 2. The van der Waals surface area contributed by atoms with Gasteiger partial charge in [0.25, 0.3) is 5.91 Å². The first-order chi connectivity index (χ1) is 14.1. The van der Waals surface area contributed by atoms with Crippen molar-refractivity contribution in [3.63, 3.8) is 0 Å². The molecule has 2 amide bonds. The van der Waals surface area contributed by atoms with Gasteiger partial charge in [-0.3, -0.25) is 9.59 Å². The molecule has 166 valence electrons. The van der Waals surface area contributed by atoms with Crippen LogP contribution in [0.25, 0.3) is 0 Å². The maximum absolute atomic E-state index is 12.8. The van der Waals surface area contributed by atoms with Crippen LogP contribution in [-0.4, -0.2) is 76.5 Å². The molecule has 1 saturated heterocycles. The Morgan fingerprint density at radius 2 is 1.90 bits per heavy atom. The zero-order chi connectivity index (χ0) is 21.9. The molecular formula is C19H26F3N5O3. The maximum Gasteiger partial charge on any atom is 0.417 e. The fourth-order valence-corrected chi connectivity index (χ4v) is 3.33. The second kappa shape index (κ2) is 8.75. The quantitative estimate of drug-likeness (QED) is 0.679. The Morgan fingerprint density at radius 1 is 1.23 bits per heavy atom. The van der Waals surface area contributed by atoms with Gasteiger partial charge in [0, 0.05) is 32.7 Å². The van der Waals surface area contributed by atoms with Crippen molar-refractivity contribution in [3.8, 4) is 0 Å². The molecule has 1 unspecified atom stereocenters. The first-order valence-corrected chi connectivity index (χ1v) is 10.0. The Hall–Kier alpha value is -2.43. The Morgan fingerprint density at radius 3 is 2.50 bits per heavy atom. The van der Waals surface area contributed by atoms with Crippen LogP contribution in [0.5, 0.6) is 0 Å².